The smallest absolute Gasteiger partial charge is 0.243 e. The van der Waals surface area contributed by atoms with Gasteiger partial charge in [-0.05, 0) is 37.0 Å². The molecule has 6 heteroatoms. The highest BCUT2D eigenvalue weighted by Crippen LogP contribution is 2.48. The summed E-state index contributed by atoms with van der Waals surface area (Å²) in [5, 5.41) is 6.83. The van der Waals surface area contributed by atoms with Gasteiger partial charge >= 0.3 is 0 Å². The topological polar surface area (TPSA) is 58.2 Å². The molecule has 0 aromatic heterocycles. The molecule has 106 valence electrons. The Bertz CT molecular complexity index is 585. The summed E-state index contributed by atoms with van der Waals surface area (Å²) in [6.07, 6.45) is 2.66. The molecule has 1 unspecified atom stereocenters. The van der Waals surface area contributed by atoms with Crippen LogP contribution in [0.25, 0.3) is 0 Å². The Morgan fingerprint density at radius 2 is 2.10 bits per heavy atom. The van der Waals surface area contributed by atoms with Crippen molar-refractivity contribution in [3.8, 4) is 0 Å². The first-order valence-corrected chi connectivity index (χ1v) is 7.33. The number of rotatable bonds is 3. The van der Waals surface area contributed by atoms with Crippen LogP contribution in [0.2, 0.25) is 10.0 Å². The molecule has 1 aromatic carbocycles. The number of amides is 2. The standard InChI is InChI=1S/C14H14Cl2N2O2/c15-8-1-2-9(10(16)7-8)14(5-6-14)18-13(20)11-3-4-12(19)17-11/h1-2,7,11H,3-6H2,(H,17,19)(H,18,20). The van der Waals surface area contributed by atoms with E-state index in [0.717, 1.165) is 18.4 Å². The summed E-state index contributed by atoms with van der Waals surface area (Å²) in [6, 6.07) is 4.88. The van der Waals surface area contributed by atoms with Crippen LogP contribution < -0.4 is 10.6 Å². The van der Waals surface area contributed by atoms with Crippen molar-refractivity contribution >= 4 is 35.0 Å². The number of carbonyl (C=O) groups excluding carboxylic acids is 2. The Kier molecular flexibility index (Phi) is 3.38. The van der Waals surface area contributed by atoms with E-state index in [-0.39, 0.29) is 11.8 Å². The van der Waals surface area contributed by atoms with Gasteiger partial charge in [-0.25, -0.2) is 0 Å². The summed E-state index contributed by atoms with van der Waals surface area (Å²) >= 11 is 12.1. The van der Waals surface area contributed by atoms with E-state index >= 15 is 0 Å². The second-order valence-electron chi connectivity index (χ2n) is 5.35. The van der Waals surface area contributed by atoms with Crippen LogP contribution in [0.1, 0.15) is 31.2 Å². The highest BCUT2D eigenvalue weighted by atomic mass is 35.5. The van der Waals surface area contributed by atoms with E-state index < -0.39 is 11.6 Å². The van der Waals surface area contributed by atoms with Gasteiger partial charge < -0.3 is 10.6 Å². The molecule has 1 aromatic rings. The summed E-state index contributed by atoms with van der Waals surface area (Å²) in [4.78, 5) is 23.4. The molecule has 1 aliphatic carbocycles. The van der Waals surface area contributed by atoms with Gasteiger partial charge in [0.25, 0.3) is 0 Å². The SMILES string of the molecule is O=C1CCC(C(=O)NC2(c3ccc(Cl)cc3Cl)CC2)N1. The summed E-state index contributed by atoms with van der Waals surface area (Å²) in [7, 11) is 0. The molecule has 2 fully saturated rings. The summed E-state index contributed by atoms with van der Waals surface area (Å²) in [6.45, 7) is 0. The molecule has 0 bridgehead atoms. The lowest BCUT2D eigenvalue weighted by Gasteiger charge is -2.21. The average molecular weight is 313 g/mol. The van der Waals surface area contributed by atoms with Crippen molar-refractivity contribution in [2.24, 2.45) is 0 Å². The minimum absolute atomic E-state index is 0.0699. The van der Waals surface area contributed by atoms with Crippen LogP contribution in [-0.2, 0) is 15.1 Å². The monoisotopic (exact) mass is 312 g/mol. The predicted octanol–water partition coefficient (Wildman–Crippen LogP) is 2.38. The van der Waals surface area contributed by atoms with Crippen LogP contribution in [0, 0.1) is 0 Å². The fourth-order valence-electron chi connectivity index (χ4n) is 2.60. The maximum atomic E-state index is 12.2. The van der Waals surface area contributed by atoms with E-state index in [1.54, 1.807) is 12.1 Å². The van der Waals surface area contributed by atoms with Crippen molar-refractivity contribution in [2.45, 2.75) is 37.3 Å². The molecule has 0 spiro atoms. The van der Waals surface area contributed by atoms with E-state index in [0.29, 0.717) is 22.9 Å². The first-order valence-electron chi connectivity index (χ1n) is 6.57. The van der Waals surface area contributed by atoms with Crippen molar-refractivity contribution < 1.29 is 9.59 Å². The minimum Gasteiger partial charge on any atom is -0.345 e. The van der Waals surface area contributed by atoms with Crippen LogP contribution in [0.5, 0.6) is 0 Å². The number of hydrogen-bond donors (Lipinski definition) is 2. The molecule has 4 nitrogen and oxygen atoms in total. The number of carbonyl (C=O) groups is 2. The first-order chi connectivity index (χ1) is 9.50. The third-order valence-electron chi connectivity index (χ3n) is 3.87. The third-order valence-corrected chi connectivity index (χ3v) is 4.42. The highest BCUT2D eigenvalue weighted by Gasteiger charge is 2.48. The van der Waals surface area contributed by atoms with Crippen molar-refractivity contribution in [3.63, 3.8) is 0 Å². The van der Waals surface area contributed by atoms with Crippen molar-refractivity contribution in [1.82, 2.24) is 10.6 Å². The molecule has 3 rings (SSSR count). The fraction of sp³-hybridized carbons (Fsp3) is 0.429. The Balaban J connectivity index is 1.76. The van der Waals surface area contributed by atoms with E-state index in [1.165, 1.54) is 0 Å². The lowest BCUT2D eigenvalue weighted by atomic mass is 10.0. The maximum Gasteiger partial charge on any atom is 0.243 e. The van der Waals surface area contributed by atoms with Gasteiger partial charge in [0.1, 0.15) is 6.04 Å². The number of hydrogen-bond acceptors (Lipinski definition) is 2. The van der Waals surface area contributed by atoms with Crippen molar-refractivity contribution in [2.75, 3.05) is 0 Å². The zero-order valence-corrected chi connectivity index (χ0v) is 12.2. The molecule has 1 heterocycles. The van der Waals surface area contributed by atoms with E-state index in [9.17, 15) is 9.59 Å². The van der Waals surface area contributed by atoms with E-state index in [2.05, 4.69) is 10.6 Å². The van der Waals surface area contributed by atoms with Gasteiger partial charge in [-0.1, -0.05) is 29.3 Å². The molecule has 2 amide bonds. The fourth-order valence-corrected chi connectivity index (χ4v) is 3.19. The van der Waals surface area contributed by atoms with Gasteiger partial charge in [0.2, 0.25) is 11.8 Å². The van der Waals surface area contributed by atoms with Crippen LogP contribution in [-0.4, -0.2) is 17.9 Å². The van der Waals surface area contributed by atoms with Gasteiger partial charge in [-0.2, -0.15) is 0 Å². The molecule has 2 aliphatic rings. The minimum atomic E-state index is -0.425. The molecular formula is C14H14Cl2N2O2. The normalized spacial score (nSPS) is 23.3. The zero-order chi connectivity index (χ0) is 14.3. The lowest BCUT2D eigenvalue weighted by Crippen LogP contribution is -2.46. The summed E-state index contributed by atoms with van der Waals surface area (Å²) in [5.74, 6) is -0.209. The van der Waals surface area contributed by atoms with Gasteiger partial charge in [0, 0.05) is 16.5 Å². The maximum absolute atomic E-state index is 12.2. The Labute approximate surface area is 126 Å². The summed E-state index contributed by atoms with van der Waals surface area (Å²) < 4.78 is 0. The van der Waals surface area contributed by atoms with Gasteiger partial charge in [-0.3, -0.25) is 9.59 Å². The van der Waals surface area contributed by atoms with Crippen LogP contribution in [0.3, 0.4) is 0 Å². The molecule has 20 heavy (non-hydrogen) atoms. The molecule has 0 radical (unpaired) electrons. The largest absolute Gasteiger partial charge is 0.345 e. The molecule has 1 saturated carbocycles. The number of nitrogens with one attached hydrogen (secondary N) is 2. The zero-order valence-electron chi connectivity index (χ0n) is 10.7. The van der Waals surface area contributed by atoms with E-state index in [4.69, 9.17) is 23.2 Å². The van der Waals surface area contributed by atoms with Crippen molar-refractivity contribution in [3.05, 3.63) is 33.8 Å². The number of halogens is 2. The van der Waals surface area contributed by atoms with Crippen molar-refractivity contribution in [1.29, 1.82) is 0 Å². The quantitative estimate of drug-likeness (QED) is 0.900. The first kappa shape index (κ1) is 13.7. The molecule has 1 aliphatic heterocycles. The van der Waals surface area contributed by atoms with E-state index in [1.807, 2.05) is 6.07 Å². The second kappa shape index (κ2) is 4.93. The predicted molar refractivity (Wildman–Crippen MR) is 76.7 cm³/mol. The van der Waals surface area contributed by atoms with Crippen LogP contribution >= 0.6 is 23.2 Å². The Hall–Kier alpha value is -1.26. The summed E-state index contributed by atoms with van der Waals surface area (Å²) in [5.41, 5.74) is 0.493. The Morgan fingerprint density at radius 1 is 1.35 bits per heavy atom. The van der Waals surface area contributed by atoms with Gasteiger partial charge in [-0.15, -0.1) is 0 Å². The molecule has 1 saturated heterocycles. The second-order valence-corrected chi connectivity index (χ2v) is 6.20. The van der Waals surface area contributed by atoms with Crippen LogP contribution in [0.4, 0.5) is 0 Å². The lowest BCUT2D eigenvalue weighted by molar-refractivity contribution is -0.126. The Morgan fingerprint density at radius 3 is 2.65 bits per heavy atom. The number of benzene rings is 1. The molecule has 1 atom stereocenters. The molecule has 2 N–H and O–H groups in total. The average Bonchev–Trinajstić information content (AvgIpc) is 3.01. The molecular weight excluding hydrogens is 299 g/mol. The van der Waals surface area contributed by atoms with Crippen LogP contribution in [0.15, 0.2) is 18.2 Å². The third kappa shape index (κ3) is 2.50. The van der Waals surface area contributed by atoms with Gasteiger partial charge in [0.05, 0.1) is 5.54 Å². The van der Waals surface area contributed by atoms with Gasteiger partial charge in [0.15, 0.2) is 0 Å². The highest BCUT2D eigenvalue weighted by molar-refractivity contribution is 6.35.